The number of carbonyl (C=O) groups is 2. The number of aryl methyl sites for hydroxylation is 2. The fourth-order valence-electron chi connectivity index (χ4n) is 2.31. The molecule has 2 aromatic rings. The van der Waals surface area contributed by atoms with Crippen LogP contribution >= 0.6 is 11.3 Å². The van der Waals surface area contributed by atoms with Crippen LogP contribution in [-0.2, 0) is 12.8 Å². The summed E-state index contributed by atoms with van der Waals surface area (Å²) in [7, 11) is 0. The fraction of sp³-hybridized carbons (Fsp3) is 0.333. The molecule has 0 aromatic carbocycles. The van der Waals surface area contributed by atoms with Gasteiger partial charge in [0, 0.05) is 11.3 Å². The molecule has 0 atom stereocenters. The Kier molecular flexibility index (Phi) is 4.47. The molecule has 2 heterocycles. The maximum Gasteiger partial charge on any atom is 0.339 e. The van der Waals surface area contributed by atoms with E-state index >= 15 is 0 Å². The van der Waals surface area contributed by atoms with Crippen LogP contribution in [0.1, 0.15) is 50.8 Å². The monoisotopic (exact) mass is 307 g/mol. The quantitative estimate of drug-likeness (QED) is 0.882. The zero-order valence-electron chi connectivity index (χ0n) is 12.1. The van der Waals surface area contributed by atoms with Crippen LogP contribution in [0.15, 0.2) is 16.7 Å². The van der Waals surface area contributed by atoms with Gasteiger partial charge in [0.2, 0.25) is 0 Å². The Morgan fingerprint density at radius 2 is 2.05 bits per heavy atom. The Morgan fingerprint density at radius 3 is 2.62 bits per heavy atom. The third kappa shape index (κ3) is 2.85. The lowest BCUT2D eigenvalue weighted by atomic mass is 10.1. The normalized spacial score (nSPS) is 10.6. The fourth-order valence-corrected chi connectivity index (χ4v) is 3.44. The molecule has 0 bridgehead atoms. The number of nitrogens with one attached hydrogen (secondary N) is 1. The summed E-state index contributed by atoms with van der Waals surface area (Å²) in [5.41, 5.74) is 1.40. The Bertz CT molecular complexity index is 684. The zero-order valence-corrected chi connectivity index (χ0v) is 13.0. The molecule has 0 radical (unpaired) electrons. The van der Waals surface area contributed by atoms with Crippen molar-refractivity contribution in [1.29, 1.82) is 0 Å². The van der Waals surface area contributed by atoms with E-state index in [0.29, 0.717) is 29.2 Å². The van der Waals surface area contributed by atoms with Gasteiger partial charge in [-0.3, -0.25) is 4.79 Å². The molecular formula is C15H17NO4S. The molecule has 0 saturated heterocycles. The van der Waals surface area contributed by atoms with Crippen LogP contribution in [0.2, 0.25) is 0 Å². The van der Waals surface area contributed by atoms with Gasteiger partial charge in [-0.05, 0) is 25.0 Å². The van der Waals surface area contributed by atoms with E-state index in [2.05, 4.69) is 5.32 Å². The molecule has 2 N–H and O–H groups in total. The van der Waals surface area contributed by atoms with Gasteiger partial charge in [-0.1, -0.05) is 13.8 Å². The average molecular weight is 307 g/mol. The Labute approximate surface area is 126 Å². The van der Waals surface area contributed by atoms with E-state index in [-0.39, 0.29) is 11.5 Å². The van der Waals surface area contributed by atoms with Crippen molar-refractivity contribution in [3.8, 4) is 0 Å². The Balaban J connectivity index is 2.36. The summed E-state index contributed by atoms with van der Waals surface area (Å²) in [6, 6.07) is 1.59. The molecule has 0 aliphatic heterocycles. The lowest BCUT2D eigenvalue weighted by Crippen LogP contribution is -2.14. The van der Waals surface area contributed by atoms with Crippen molar-refractivity contribution in [2.75, 3.05) is 5.32 Å². The third-order valence-electron chi connectivity index (χ3n) is 3.31. The third-order valence-corrected chi connectivity index (χ3v) is 4.38. The number of rotatable bonds is 5. The molecule has 0 unspecified atom stereocenters. The molecule has 21 heavy (non-hydrogen) atoms. The van der Waals surface area contributed by atoms with E-state index in [1.165, 1.54) is 17.6 Å². The van der Waals surface area contributed by atoms with Crippen molar-refractivity contribution in [2.45, 2.75) is 33.6 Å². The topological polar surface area (TPSA) is 79.5 Å². The Morgan fingerprint density at radius 1 is 1.33 bits per heavy atom. The van der Waals surface area contributed by atoms with Gasteiger partial charge in [0.25, 0.3) is 5.91 Å². The van der Waals surface area contributed by atoms with E-state index in [1.807, 2.05) is 20.8 Å². The number of furan rings is 1. The summed E-state index contributed by atoms with van der Waals surface area (Å²) in [6.07, 6.45) is 2.68. The molecule has 0 spiro atoms. The number of hydrogen-bond donors (Lipinski definition) is 2. The molecule has 0 aliphatic rings. The van der Waals surface area contributed by atoms with E-state index in [0.717, 1.165) is 10.4 Å². The molecule has 2 rings (SSSR count). The minimum absolute atomic E-state index is 0.190. The predicted molar refractivity (Wildman–Crippen MR) is 81.4 cm³/mol. The van der Waals surface area contributed by atoms with Gasteiger partial charge in [0.05, 0.1) is 17.4 Å². The molecular weight excluding hydrogens is 290 g/mol. The van der Waals surface area contributed by atoms with Crippen molar-refractivity contribution in [2.24, 2.45) is 0 Å². The molecule has 0 fully saturated rings. The maximum absolute atomic E-state index is 12.3. The highest BCUT2D eigenvalue weighted by Crippen LogP contribution is 2.33. The second-order valence-corrected chi connectivity index (χ2v) is 5.79. The number of carbonyl (C=O) groups excluding carboxylic acids is 1. The van der Waals surface area contributed by atoms with Gasteiger partial charge in [0.1, 0.15) is 10.8 Å². The van der Waals surface area contributed by atoms with E-state index in [1.54, 1.807) is 6.07 Å². The van der Waals surface area contributed by atoms with Gasteiger partial charge in [-0.15, -0.1) is 11.3 Å². The lowest BCUT2D eigenvalue weighted by molar-refractivity contribution is 0.0697. The van der Waals surface area contributed by atoms with Crippen LogP contribution in [-0.4, -0.2) is 17.0 Å². The summed E-state index contributed by atoms with van der Waals surface area (Å²) < 4.78 is 5.23. The first-order chi connectivity index (χ1) is 9.99. The van der Waals surface area contributed by atoms with Crippen molar-refractivity contribution in [3.05, 3.63) is 39.7 Å². The second-order valence-electron chi connectivity index (χ2n) is 4.56. The minimum atomic E-state index is -1.02. The zero-order chi connectivity index (χ0) is 15.6. The molecule has 2 aromatic heterocycles. The highest BCUT2D eigenvalue weighted by molar-refractivity contribution is 7.16. The molecule has 112 valence electrons. The van der Waals surface area contributed by atoms with Crippen molar-refractivity contribution in [3.63, 3.8) is 0 Å². The molecule has 1 amide bonds. The molecule has 6 heteroatoms. The van der Waals surface area contributed by atoms with E-state index in [4.69, 9.17) is 4.42 Å². The maximum atomic E-state index is 12.3. The number of anilines is 1. The summed E-state index contributed by atoms with van der Waals surface area (Å²) >= 11 is 1.29. The number of aromatic carboxylic acids is 1. The van der Waals surface area contributed by atoms with Crippen LogP contribution in [0.5, 0.6) is 0 Å². The van der Waals surface area contributed by atoms with Crippen molar-refractivity contribution < 1.29 is 19.1 Å². The van der Waals surface area contributed by atoms with Crippen LogP contribution in [0.25, 0.3) is 0 Å². The SMILES string of the molecule is CCc1occc1C(=O)Nc1sc(C)c(CC)c1C(=O)O. The first-order valence-corrected chi connectivity index (χ1v) is 7.54. The van der Waals surface area contributed by atoms with Crippen LogP contribution < -0.4 is 5.32 Å². The summed E-state index contributed by atoms with van der Waals surface area (Å²) in [5, 5.41) is 12.5. The summed E-state index contributed by atoms with van der Waals surface area (Å²) in [5.74, 6) is -0.769. The highest BCUT2D eigenvalue weighted by Gasteiger charge is 2.23. The number of carboxylic acid groups (broad SMARTS) is 1. The van der Waals surface area contributed by atoms with Gasteiger partial charge in [-0.2, -0.15) is 0 Å². The highest BCUT2D eigenvalue weighted by atomic mass is 32.1. The first kappa shape index (κ1) is 15.3. The largest absolute Gasteiger partial charge is 0.478 e. The molecule has 0 saturated carbocycles. The average Bonchev–Trinajstić information content (AvgIpc) is 3.02. The summed E-state index contributed by atoms with van der Waals surface area (Å²) in [6.45, 7) is 5.65. The van der Waals surface area contributed by atoms with Gasteiger partial charge in [0.15, 0.2) is 0 Å². The smallest absolute Gasteiger partial charge is 0.339 e. The van der Waals surface area contributed by atoms with Crippen LogP contribution in [0.4, 0.5) is 5.00 Å². The number of amides is 1. The minimum Gasteiger partial charge on any atom is -0.478 e. The molecule has 0 aliphatic carbocycles. The second kappa shape index (κ2) is 6.13. The summed E-state index contributed by atoms with van der Waals surface area (Å²) in [4.78, 5) is 24.6. The van der Waals surface area contributed by atoms with Gasteiger partial charge >= 0.3 is 5.97 Å². The van der Waals surface area contributed by atoms with E-state index < -0.39 is 5.97 Å². The lowest BCUT2D eigenvalue weighted by Gasteiger charge is -2.05. The molecule has 5 nitrogen and oxygen atoms in total. The predicted octanol–water partition coefficient (Wildman–Crippen LogP) is 3.72. The van der Waals surface area contributed by atoms with Gasteiger partial charge < -0.3 is 14.8 Å². The first-order valence-electron chi connectivity index (χ1n) is 6.72. The van der Waals surface area contributed by atoms with Crippen LogP contribution in [0.3, 0.4) is 0 Å². The number of carboxylic acids is 1. The van der Waals surface area contributed by atoms with Gasteiger partial charge in [-0.25, -0.2) is 4.79 Å². The van der Waals surface area contributed by atoms with E-state index in [9.17, 15) is 14.7 Å². The standard InChI is InChI=1S/C15H17NO4S/c1-4-9-8(3)21-14(12(9)15(18)19)16-13(17)10-6-7-20-11(10)5-2/h6-7H,4-5H2,1-3H3,(H,16,17)(H,18,19). The Hall–Kier alpha value is -2.08. The number of thiophene rings is 1. The number of hydrogen-bond acceptors (Lipinski definition) is 4. The van der Waals surface area contributed by atoms with Crippen LogP contribution in [0, 0.1) is 6.92 Å². The van der Waals surface area contributed by atoms with Crippen molar-refractivity contribution >= 4 is 28.2 Å². The van der Waals surface area contributed by atoms with Crippen molar-refractivity contribution in [1.82, 2.24) is 0 Å².